The molecule has 0 radical (unpaired) electrons. The largest absolute Gasteiger partial charge is 0.495 e. The minimum atomic E-state index is -0.397. The Bertz CT molecular complexity index is 1400. The maximum absolute atomic E-state index is 13.6. The number of nitrogens with one attached hydrogen (secondary N) is 2. The van der Waals surface area contributed by atoms with Crippen LogP contribution in [-0.4, -0.2) is 85.7 Å². The van der Waals surface area contributed by atoms with E-state index >= 15 is 0 Å². The van der Waals surface area contributed by atoms with Crippen molar-refractivity contribution in [3.63, 3.8) is 0 Å². The molecule has 2 N–H and O–H groups in total. The highest BCUT2D eigenvalue weighted by Gasteiger charge is 2.31. The van der Waals surface area contributed by atoms with E-state index in [1.807, 2.05) is 26.0 Å². The van der Waals surface area contributed by atoms with Crippen molar-refractivity contribution in [2.75, 3.05) is 51.6 Å². The SMILES string of the molecule is COc1ccccc1NC(=O)N1C[C@@H](C)[C@H](OC)CN(C)C(=O)c2ccc(NC(=O)c3ccccn3)cc2OC[C@H]1C. The number of pyridine rings is 1. The third-order valence-corrected chi connectivity index (χ3v) is 7.21. The van der Waals surface area contributed by atoms with Crippen LogP contribution in [0, 0.1) is 5.92 Å². The number of aromatic nitrogens is 1. The summed E-state index contributed by atoms with van der Waals surface area (Å²) in [7, 11) is 4.84. The first kappa shape index (κ1) is 30.3. The molecule has 4 amide bonds. The zero-order chi connectivity index (χ0) is 30.2. The molecule has 222 valence electrons. The summed E-state index contributed by atoms with van der Waals surface area (Å²) in [4.78, 5) is 47.2. The van der Waals surface area contributed by atoms with Crippen LogP contribution in [0.4, 0.5) is 16.2 Å². The van der Waals surface area contributed by atoms with Gasteiger partial charge >= 0.3 is 6.03 Å². The van der Waals surface area contributed by atoms with Crippen molar-refractivity contribution < 1.29 is 28.6 Å². The fraction of sp³-hybridized carbons (Fsp3) is 0.355. The number of benzene rings is 2. The van der Waals surface area contributed by atoms with Crippen LogP contribution in [0.25, 0.3) is 0 Å². The number of ether oxygens (including phenoxy) is 3. The molecule has 0 saturated carbocycles. The van der Waals surface area contributed by atoms with Crippen molar-refractivity contribution >= 4 is 29.2 Å². The van der Waals surface area contributed by atoms with E-state index in [0.717, 1.165) is 0 Å². The molecule has 11 heteroatoms. The van der Waals surface area contributed by atoms with Gasteiger partial charge in [-0.05, 0) is 43.3 Å². The first-order chi connectivity index (χ1) is 20.2. The van der Waals surface area contributed by atoms with E-state index in [2.05, 4.69) is 15.6 Å². The van der Waals surface area contributed by atoms with Crippen LogP contribution < -0.4 is 20.1 Å². The summed E-state index contributed by atoms with van der Waals surface area (Å²) in [5.41, 5.74) is 1.57. The molecule has 0 unspecified atom stereocenters. The smallest absolute Gasteiger partial charge is 0.322 e. The average Bonchev–Trinajstić information content (AvgIpc) is 3.00. The lowest BCUT2D eigenvalue weighted by Crippen LogP contribution is -2.50. The molecule has 4 rings (SSSR count). The van der Waals surface area contributed by atoms with Crippen LogP contribution in [0.15, 0.2) is 66.9 Å². The van der Waals surface area contributed by atoms with Gasteiger partial charge in [-0.3, -0.25) is 14.6 Å². The molecule has 1 aromatic heterocycles. The van der Waals surface area contributed by atoms with Crippen molar-refractivity contribution in [2.24, 2.45) is 5.92 Å². The summed E-state index contributed by atoms with van der Waals surface area (Å²) in [6, 6.07) is 16.4. The van der Waals surface area contributed by atoms with E-state index < -0.39 is 11.9 Å². The van der Waals surface area contributed by atoms with Gasteiger partial charge in [0.2, 0.25) is 0 Å². The summed E-state index contributed by atoms with van der Waals surface area (Å²) in [6.07, 6.45) is 1.20. The maximum atomic E-state index is 13.6. The lowest BCUT2D eigenvalue weighted by Gasteiger charge is -2.36. The highest BCUT2D eigenvalue weighted by molar-refractivity contribution is 6.04. The van der Waals surface area contributed by atoms with Gasteiger partial charge in [0, 0.05) is 51.1 Å². The van der Waals surface area contributed by atoms with Crippen molar-refractivity contribution in [1.29, 1.82) is 0 Å². The Morgan fingerprint density at radius 3 is 2.48 bits per heavy atom. The van der Waals surface area contributed by atoms with Crippen molar-refractivity contribution in [1.82, 2.24) is 14.8 Å². The van der Waals surface area contributed by atoms with Gasteiger partial charge in [0.1, 0.15) is 23.8 Å². The number of carbonyl (C=O) groups excluding carboxylic acids is 3. The topological polar surface area (TPSA) is 122 Å². The molecule has 0 saturated heterocycles. The number of para-hydroxylation sites is 2. The number of amides is 4. The Kier molecular flexibility index (Phi) is 9.98. The number of carbonyl (C=O) groups is 3. The van der Waals surface area contributed by atoms with E-state index in [9.17, 15) is 14.4 Å². The van der Waals surface area contributed by atoms with E-state index in [1.54, 1.807) is 79.6 Å². The number of anilines is 2. The zero-order valence-corrected chi connectivity index (χ0v) is 24.5. The van der Waals surface area contributed by atoms with E-state index in [1.165, 1.54) is 6.20 Å². The summed E-state index contributed by atoms with van der Waals surface area (Å²) in [5.74, 6) is 0.0724. The Morgan fingerprint density at radius 1 is 1.00 bits per heavy atom. The molecule has 1 aliphatic rings. The second kappa shape index (κ2) is 13.8. The van der Waals surface area contributed by atoms with Crippen LogP contribution in [0.2, 0.25) is 0 Å². The van der Waals surface area contributed by atoms with Gasteiger partial charge in [0.15, 0.2) is 0 Å². The quantitative estimate of drug-likeness (QED) is 0.463. The number of likely N-dealkylation sites (N-methyl/N-ethyl adjacent to an activating group) is 1. The molecular weight excluding hydrogens is 538 g/mol. The van der Waals surface area contributed by atoms with Crippen LogP contribution in [0.1, 0.15) is 34.7 Å². The predicted octanol–water partition coefficient (Wildman–Crippen LogP) is 4.38. The minimum Gasteiger partial charge on any atom is -0.495 e. The van der Waals surface area contributed by atoms with Gasteiger partial charge in [0.05, 0.1) is 30.5 Å². The second-order valence-electron chi connectivity index (χ2n) is 10.3. The van der Waals surface area contributed by atoms with E-state index in [4.69, 9.17) is 14.2 Å². The molecule has 0 fully saturated rings. The third-order valence-electron chi connectivity index (χ3n) is 7.21. The molecule has 11 nitrogen and oxygen atoms in total. The second-order valence-corrected chi connectivity index (χ2v) is 10.3. The average molecular weight is 576 g/mol. The Hall–Kier alpha value is -4.64. The lowest BCUT2D eigenvalue weighted by molar-refractivity contribution is 0.0174. The molecule has 3 aromatic rings. The predicted molar refractivity (Wildman–Crippen MR) is 159 cm³/mol. The fourth-order valence-electron chi connectivity index (χ4n) is 4.76. The standard InChI is InChI=1S/C31H37N5O6/c1-20-17-36(31(39)34-24-10-6-7-12-26(24)40-4)21(2)19-42-27-16-22(33-29(37)25-11-8-9-15-32-25)13-14-23(27)30(38)35(3)18-28(20)41-5/h6-16,20-21,28H,17-19H2,1-5H3,(H,33,37)(H,34,39)/t20-,21-,28-/m1/s1. The first-order valence-corrected chi connectivity index (χ1v) is 13.7. The van der Waals surface area contributed by atoms with Gasteiger partial charge in [-0.2, -0.15) is 0 Å². The van der Waals surface area contributed by atoms with Gasteiger partial charge in [-0.15, -0.1) is 0 Å². The number of hydrogen-bond donors (Lipinski definition) is 2. The number of urea groups is 1. The summed E-state index contributed by atoms with van der Waals surface area (Å²) in [6.45, 7) is 4.59. The van der Waals surface area contributed by atoms with Gasteiger partial charge in [-0.1, -0.05) is 25.1 Å². The molecule has 0 spiro atoms. The van der Waals surface area contributed by atoms with Gasteiger partial charge in [0.25, 0.3) is 11.8 Å². The van der Waals surface area contributed by atoms with Gasteiger partial charge < -0.3 is 34.6 Å². The lowest BCUT2D eigenvalue weighted by atomic mass is 10.0. The molecule has 42 heavy (non-hydrogen) atoms. The van der Waals surface area contributed by atoms with Crippen molar-refractivity contribution in [3.05, 3.63) is 78.1 Å². The summed E-state index contributed by atoms with van der Waals surface area (Å²) >= 11 is 0. The normalized spacial score (nSPS) is 19.5. The van der Waals surface area contributed by atoms with Crippen LogP contribution in [0.3, 0.4) is 0 Å². The number of methoxy groups -OCH3 is 2. The monoisotopic (exact) mass is 575 g/mol. The molecule has 0 aliphatic carbocycles. The number of rotatable bonds is 5. The van der Waals surface area contributed by atoms with Crippen molar-refractivity contribution in [3.8, 4) is 11.5 Å². The van der Waals surface area contributed by atoms with E-state index in [-0.39, 0.29) is 42.0 Å². The maximum Gasteiger partial charge on any atom is 0.322 e. The highest BCUT2D eigenvalue weighted by atomic mass is 16.5. The Morgan fingerprint density at radius 2 is 1.76 bits per heavy atom. The Balaban J connectivity index is 1.64. The molecular formula is C31H37N5O6. The number of hydrogen-bond acceptors (Lipinski definition) is 7. The number of nitrogens with zero attached hydrogens (tertiary/aromatic N) is 3. The number of fused-ring (bicyclic) bond motifs is 1. The Labute approximate surface area is 245 Å². The first-order valence-electron chi connectivity index (χ1n) is 13.7. The molecule has 1 aliphatic heterocycles. The van der Waals surface area contributed by atoms with E-state index in [0.29, 0.717) is 35.8 Å². The summed E-state index contributed by atoms with van der Waals surface area (Å²) < 4.78 is 17.4. The third kappa shape index (κ3) is 7.16. The van der Waals surface area contributed by atoms with Crippen LogP contribution in [0.5, 0.6) is 11.5 Å². The van der Waals surface area contributed by atoms with Crippen LogP contribution >= 0.6 is 0 Å². The van der Waals surface area contributed by atoms with Gasteiger partial charge in [-0.25, -0.2) is 4.79 Å². The molecule has 2 heterocycles. The molecule has 0 bridgehead atoms. The zero-order valence-electron chi connectivity index (χ0n) is 24.5. The molecule has 3 atom stereocenters. The fourth-order valence-corrected chi connectivity index (χ4v) is 4.76. The van der Waals surface area contributed by atoms with Crippen molar-refractivity contribution in [2.45, 2.75) is 26.0 Å². The molecule has 2 aromatic carbocycles. The van der Waals surface area contributed by atoms with Crippen LogP contribution in [-0.2, 0) is 4.74 Å². The highest BCUT2D eigenvalue weighted by Crippen LogP contribution is 2.28. The minimum absolute atomic E-state index is 0.0886. The summed E-state index contributed by atoms with van der Waals surface area (Å²) in [5, 5.41) is 5.76.